The van der Waals surface area contributed by atoms with Crippen LogP contribution in [0.3, 0.4) is 0 Å². The highest BCUT2D eigenvalue weighted by molar-refractivity contribution is 14.1. The van der Waals surface area contributed by atoms with Gasteiger partial charge in [0.2, 0.25) is 0 Å². The van der Waals surface area contributed by atoms with Crippen molar-refractivity contribution in [3.8, 4) is 23.0 Å². The van der Waals surface area contributed by atoms with Crippen molar-refractivity contribution < 1.29 is 42.7 Å². The number of aryl methyl sites for hydroxylation is 1. The van der Waals surface area contributed by atoms with Gasteiger partial charge in [-0.1, -0.05) is 127 Å². The van der Waals surface area contributed by atoms with Gasteiger partial charge in [0.05, 0.1) is 54.7 Å². The van der Waals surface area contributed by atoms with Crippen molar-refractivity contribution >= 4 is 39.3 Å². The summed E-state index contributed by atoms with van der Waals surface area (Å²) in [6.45, 7) is 5.20. The Morgan fingerprint density at radius 2 is 1.11 bits per heavy atom. The average molecular weight is 971 g/mol. The molecule has 1 saturated heterocycles. The van der Waals surface area contributed by atoms with Gasteiger partial charge in [0, 0.05) is 5.39 Å². The second-order valence-corrected chi connectivity index (χ2v) is 16.8. The summed E-state index contributed by atoms with van der Waals surface area (Å²) in [7, 11) is 3.20. The van der Waals surface area contributed by atoms with E-state index >= 15 is 0 Å². The van der Waals surface area contributed by atoms with E-state index in [4.69, 9.17) is 37.9 Å². The minimum absolute atomic E-state index is 0.289. The summed E-state index contributed by atoms with van der Waals surface area (Å²) in [6.07, 6.45) is -3.01. The maximum Gasteiger partial charge on any atom is 0.344 e. The van der Waals surface area contributed by atoms with Gasteiger partial charge >= 0.3 is 5.97 Å². The number of methoxy groups -OCH3 is 2. The third-order valence-electron chi connectivity index (χ3n) is 11.3. The van der Waals surface area contributed by atoms with E-state index in [1.807, 2.05) is 153 Å². The maximum atomic E-state index is 14.4. The molecule has 0 aromatic heterocycles. The molecule has 1 heterocycles. The minimum atomic E-state index is -0.744. The molecule has 0 N–H and O–H groups in total. The van der Waals surface area contributed by atoms with Crippen LogP contribution in [0.1, 0.15) is 56.8 Å². The summed E-state index contributed by atoms with van der Waals surface area (Å²) in [6, 6.07) is 51.2. The normalized spacial score (nSPS) is 17.5. The van der Waals surface area contributed by atoms with Crippen LogP contribution in [-0.2, 0) is 45.4 Å². The molecule has 1 aliphatic heterocycles. The number of rotatable bonds is 18. The Morgan fingerprint density at radius 1 is 0.594 bits per heavy atom. The van der Waals surface area contributed by atoms with E-state index in [1.54, 1.807) is 32.4 Å². The third-order valence-corrected chi connectivity index (χ3v) is 12.4. The van der Waals surface area contributed by atoms with Gasteiger partial charge < -0.3 is 37.9 Å². The molecular formula is C54H51IO9. The molecule has 5 atom stereocenters. The van der Waals surface area contributed by atoms with Crippen molar-refractivity contribution in [1.82, 2.24) is 0 Å². The number of carbonyl (C=O) groups is 1. The average Bonchev–Trinajstić information content (AvgIpc) is 3.70. The molecule has 7 aromatic carbocycles. The lowest BCUT2D eigenvalue weighted by Crippen LogP contribution is -2.41. The Labute approximate surface area is 388 Å². The number of benzene rings is 7. The van der Waals surface area contributed by atoms with Gasteiger partial charge in [-0.15, -0.1) is 0 Å². The summed E-state index contributed by atoms with van der Waals surface area (Å²) in [4.78, 5) is 14.4. The SMILES string of the molecule is COc1cc(C)cc(C(=O)Oc2ccc(OC)c3c(OCc4ccccc4)ccc([C@H]4O[C@@H]([C@@H](C)OCc5ccccc5)[C@H](OCc5ccccc5)[C@H]4OCc4ccccc4)c23)c1I. The van der Waals surface area contributed by atoms with Gasteiger partial charge in [-0.05, 0) is 100 Å². The minimum Gasteiger partial charge on any atom is -0.496 e. The molecule has 1 fully saturated rings. The summed E-state index contributed by atoms with van der Waals surface area (Å²) in [5, 5.41) is 1.19. The van der Waals surface area contributed by atoms with Crippen molar-refractivity contribution in [1.29, 1.82) is 0 Å². The predicted octanol–water partition coefficient (Wildman–Crippen LogP) is 11.8. The standard InChI is InChI=1S/C54H51IO9/c1-35-29-42(49(55)46(30-35)58-4)54(56)63-45-28-27-43(57-3)48-44(60-32-38-19-11-6-12-20-38)26-25-41(47(45)48)51-53(62-34-40-23-15-8-16-24-40)52(61-33-39-21-13-7-14-22-39)50(64-51)36(2)59-31-37-17-9-5-10-18-37/h5-30,36,50-53H,31-34H2,1-4H3/t36-,50+,51-,52+,53+/m1/s1. The van der Waals surface area contributed by atoms with Gasteiger partial charge in [0.15, 0.2) is 0 Å². The van der Waals surface area contributed by atoms with E-state index in [0.29, 0.717) is 68.3 Å². The van der Waals surface area contributed by atoms with Crippen molar-refractivity contribution in [3.63, 3.8) is 0 Å². The molecule has 328 valence electrons. The lowest BCUT2D eigenvalue weighted by molar-refractivity contribution is -0.115. The lowest BCUT2D eigenvalue weighted by atomic mass is 9.93. The van der Waals surface area contributed by atoms with Crippen molar-refractivity contribution in [2.45, 2.75) is 70.8 Å². The molecule has 0 saturated carbocycles. The van der Waals surface area contributed by atoms with E-state index < -0.39 is 36.5 Å². The van der Waals surface area contributed by atoms with Crippen LogP contribution in [0, 0.1) is 10.5 Å². The number of hydrogen-bond donors (Lipinski definition) is 0. The topological polar surface area (TPSA) is 90.9 Å². The Bertz CT molecular complexity index is 2630. The molecule has 0 spiro atoms. The largest absolute Gasteiger partial charge is 0.496 e. The zero-order valence-corrected chi connectivity index (χ0v) is 38.4. The molecule has 0 unspecified atom stereocenters. The Morgan fingerprint density at radius 3 is 1.69 bits per heavy atom. The van der Waals surface area contributed by atoms with E-state index in [1.165, 1.54) is 0 Å². The van der Waals surface area contributed by atoms with Crippen molar-refractivity contribution in [2.75, 3.05) is 14.2 Å². The zero-order valence-electron chi connectivity index (χ0n) is 36.3. The van der Waals surface area contributed by atoms with Gasteiger partial charge in [-0.25, -0.2) is 4.79 Å². The smallest absolute Gasteiger partial charge is 0.344 e. The van der Waals surface area contributed by atoms with E-state index in [0.717, 1.165) is 27.8 Å². The highest BCUT2D eigenvalue weighted by atomic mass is 127. The van der Waals surface area contributed by atoms with Crippen LogP contribution in [0.5, 0.6) is 23.0 Å². The molecular weight excluding hydrogens is 919 g/mol. The first-order chi connectivity index (χ1) is 31.3. The first-order valence-corrected chi connectivity index (χ1v) is 22.4. The first kappa shape index (κ1) is 44.8. The van der Waals surface area contributed by atoms with E-state index in [-0.39, 0.29) is 6.61 Å². The van der Waals surface area contributed by atoms with Crippen LogP contribution < -0.4 is 18.9 Å². The number of ether oxygens (including phenoxy) is 8. The molecule has 0 radical (unpaired) electrons. The third kappa shape index (κ3) is 10.4. The quantitative estimate of drug-likeness (QED) is 0.0474. The van der Waals surface area contributed by atoms with E-state index in [2.05, 4.69) is 22.6 Å². The Hall–Kier alpha value is -5.76. The molecule has 8 rings (SSSR count). The summed E-state index contributed by atoms with van der Waals surface area (Å²) in [5.41, 5.74) is 5.96. The van der Waals surface area contributed by atoms with Gasteiger partial charge in [0.1, 0.15) is 54.0 Å². The molecule has 10 heteroatoms. The van der Waals surface area contributed by atoms with Crippen LogP contribution in [-0.4, -0.2) is 44.6 Å². The molecule has 0 aliphatic carbocycles. The Kier molecular flexibility index (Phi) is 14.9. The fraction of sp³-hybridized carbons (Fsp3) is 0.241. The van der Waals surface area contributed by atoms with Crippen LogP contribution in [0.15, 0.2) is 158 Å². The number of halogens is 1. The molecule has 64 heavy (non-hydrogen) atoms. The molecule has 7 aromatic rings. The van der Waals surface area contributed by atoms with Crippen LogP contribution in [0.2, 0.25) is 0 Å². The lowest BCUT2D eigenvalue weighted by Gasteiger charge is -2.28. The molecule has 0 bridgehead atoms. The van der Waals surface area contributed by atoms with Crippen LogP contribution in [0.25, 0.3) is 10.8 Å². The number of fused-ring (bicyclic) bond motifs is 1. The summed E-state index contributed by atoms with van der Waals surface area (Å²) >= 11 is 2.13. The van der Waals surface area contributed by atoms with Gasteiger partial charge in [-0.2, -0.15) is 0 Å². The maximum absolute atomic E-state index is 14.4. The second-order valence-electron chi connectivity index (χ2n) is 15.7. The van der Waals surface area contributed by atoms with Gasteiger partial charge in [0.25, 0.3) is 0 Å². The summed E-state index contributed by atoms with van der Waals surface area (Å²) < 4.78 is 53.1. The number of esters is 1. The Balaban J connectivity index is 1.27. The fourth-order valence-corrected chi connectivity index (χ4v) is 8.83. The van der Waals surface area contributed by atoms with E-state index in [9.17, 15) is 4.79 Å². The second kappa shape index (κ2) is 21.3. The zero-order chi connectivity index (χ0) is 44.4. The van der Waals surface area contributed by atoms with Crippen LogP contribution >= 0.6 is 22.6 Å². The number of hydrogen-bond acceptors (Lipinski definition) is 9. The highest BCUT2D eigenvalue weighted by Gasteiger charge is 2.50. The molecule has 0 amide bonds. The van der Waals surface area contributed by atoms with Crippen molar-refractivity contribution in [3.05, 3.63) is 200 Å². The fourth-order valence-electron chi connectivity index (χ4n) is 8.08. The summed E-state index contributed by atoms with van der Waals surface area (Å²) in [5.74, 6) is 1.39. The first-order valence-electron chi connectivity index (χ1n) is 21.3. The monoisotopic (exact) mass is 970 g/mol. The predicted molar refractivity (Wildman–Crippen MR) is 255 cm³/mol. The van der Waals surface area contributed by atoms with Crippen molar-refractivity contribution in [2.24, 2.45) is 0 Å². The highest BCUT2D eigenvalue weighted by Crippen LogP contribution is 2.49. The van der Waals surface area contributed by atoms with Crippen LogP contribution in [0.4, 0.5) is 0 Å². The molecule has 1 aliphatic rings. The number of carbonyl (C=O) groups excluding carboxylic acids is 1. The molecule has 9 nitrogen and oxygen atoms in total. The van der Waals surface area contributed by atoms with Gasteiger partial charge in [-0.3, -0.25) is 0 Å².